The first-order valence-corrected chi connectivity index (χ1v) is 5.75. The molecule has 1 heterocycles. The van der Waals surface area contributed by atoms with Crippen molar-refractivity contribution in [2.45, 2.75) is 45.2 Å². The van der Waals surface area contributed by atoms with Crippen molar-refractivity contribution in [3.8, 4) is 0 Å². The zero-order chi connectivity index (χ0) is 11.5. The molecular weight excluding hydrogens is 192 g/mol. The summed E-state index contributed by atoms with van der Waals surface area (Å²) in [6, 6.07) is 0.455. The second-order valence-electron chi connectivity index (χ2n) is 4.44. The van der Waals surface area contributed by atoms with E-state index in [1.54, 1.807) is 0 Å². The highest BCUT2D eigenvalue weighted by Crippen LogP contribution is 2.27. The summed E-state index contributed by atoms with van der Waals surface area (Å²) < 4.78 is 0. The first-order valence-electron chi connectivity index (χ1n) is 5.75. The number of likely N-dealkylation sites (N-methyl/N-ethyl adjacent to an activating group) is 1. The first kappa shape index (κ1) is 12.5. The van der Waals surface area contributed by atoms with Crippen molar-refractivity contribution in [3.63, 3.8) is 0 Å². The van der Waals surface area contributed by atoms with Gasteiger partial charge in [0.25, 0.3) is 0 Å². The van der Waals surface area contributed by atoms with Gasteiger partial charge in [-0.25, -0.2) is 0 Å². The predicted molar refractivity (Wildman–Crippen MR) is 60.0 cm³/mol. The number of carboxylic acid groups (broad SMARTS) is 1. The third kappa shape index (κ3) is 2.49. The number of hydrogen-bond acceptors (Lipinski definition) is 3. The number of rotatable bonds is 6. The zero-order valence-electron chi connectivity index (χ0n) is 9.92. The van der Waals surface area contributed by atoms with Crippen LogP contribution in [-0.4, -0.2) is 47.2 Å². The van der Waals surface area contributed by atoms with E-state index in [4.69, 9.17) is 5.11 Å². The molecule has 0 saturated carbocycles. The lowest BCUT2D eigenvalue weighted by Gasteiger charge is -2.52. The number of carboxylic acids is 1. The molecule has 4 nitrogen and oxygen atoms in total. The average Bonchev–Trinajstić information content (AvgIpc) is 2.13. The highest BCUT2D eigenvalue weighted by molar-refractivity contribution is 5.68. The Morgan fingerprint density at radius 3 is 2.40 bits per heavy atom. The summed E-state index contributed by atoms with van der Waals surface area (Å²) in [7, 11) is 0. The fourth-order valence-electron chi connectivity index (χ4n) is 2.46. The average molecular weight is 214 g/mol. The van der Waals surface area contributed by atoms with Crippen LogP contribution in [0.5, 0.6) is 0 Å². The Bertz CT molecular complexity index is 227. The molecule has 0 aliphatic carbocycles. The van der Waals surface area contributed by atoms with Gasteiger partial charge in [-0.1, -0.05) is 13.8 Å². The van der Waals surface area contributed by atoms with Crippen LogP contribution in [-0.2, 0) is 4.79 Å². The molecule has 0 amide bonds. The van der Waals surface area contributed by atoms with E-state index in [0.29, 0.717) is 6.04 Å². The normalized spacial score (nSPS) is 21.1. The number of nitrogens with zero attached hydrogens (tertiary/aromatic N) is 1. The van der Waals surface area contributed by atoms with Gasteiger partial charge in [0, 0.05) is 19.1 Å². The van der Waals surface area contributed by atoms with E-state index in [1.807, 2.05) is 0 Å². The number of aliphatic carboxylic acids is 1. The molecule has 1 unspecified atom stereocenters. The highest BCUT2D eigenvalue weighted by atomic mass is 16.4. The summed E-state index contributed by atoms with van der Waals surface area (Å²) in [5, 5.41) is 12.2. The summed E-state index contributed by atoms with van der Waals surface area (Å²) in [5.41, 5.74) is -0.143. The number of carbonyl (C=O) groups is 1. The molecule has 0 aromatic heterocycles. The van der Waals surface area contributed by atoms with Crippen LogP contribution in [0.4, 0.5) is 0 Å². The molecule has 1 saturated heterocycles. The molecular formula is C11H22N2O2. The van der Waals surface area contributed by atoms with E-state index >= 15 is 0 Å². The van der Waals surface area contributed by atoms with Crippen molar-refractivity contribution in [2.75, 3.05) is 19.6 Å². The smallest absolute Gasteiger partial charge is 0.305 e. The number of hydrogen-bond donors (Lipinski definition) is 2. The maximum Gasteiger partial charge on any atom is 0.305 e. The van der Waals surface area contributed by atoms with Gasteiger partial charge >= 0.3 is 5.97 Å². The number of nitrogens with one attached hydrogen (secondary N) is 1. The minimum Gasteiger partial charge on any atom is -0.481 e. The molecule has 88 valence electrons. The molecule has 1 aliphatic rings. The van der Waals surface area contributed by atoms with Gasteiger partial charge in [-0.2, -0.15) is 0 Å². The van der Waals surface area contributed by atoms with Crippen LogP contribution in [0.25, 0.3) is 0 Å². The quantitative estimate of drug-likeness (QED) is 0.690. The van der Waals surface area contributed by atoms with E-state index in [1.165, 1.54) is 0 Å². The van der Waals surface area contributed by atoms with Crippen LogP contribution >= 0.6 is 0 Å². The van der Waals surface area contributed by atoms with Crippen LogP contribution in [0.2, 0.25) is 0 Å². The Hall–Kier alpha value is -0.610. The van der Waals surface area contributed by atoms with Crippen molar-refractivity contribution in [3.05, 3.63) is 0 Å². The molecule has 0 aromatic carbocycles. The molecule has 0 spiro atoms. The van der Waals surface area contributed by atoms with Crippen molar-refractivity contribution in [1.29, 1.82) is 0 Å². The molecule has 2 N–H and O–H groups in total. The minimum atomic E-state index is -0.696. The Morgan fingerprint density at radius 1 is 1.53 bits per heavy atom. The maximum atomic E-state index is 10.9. The van der Waals surface area contributed by atoms with Crippen LogP contribution < -0.4 is 5.32 Å². The largest absolute Gasteiger partial charge is 0.481 e. The second-order valence-corrected chi connectivity index (χ2v) is 4.44. The van der Waals surface area contributed by atoms with E-state index in [0.717, 1.165) is 26.1 Å². The van der Waals surface area contributed by atoms with Crippen LogP contribution in [0.1, 0.15) is 33.6 Å². The summed E-state index contributed by atoms with van der Waals surface area (Å²) in [6.45, 7) is 8.95. The SMILES string of the molecule is CCC(C)N(CC)C1(CC(=O)O)CNC1. The van der Waals surface area contributed by atoms with Crippen LogP contribution in [0.3, 0.4) is 0 Å². The third-order valence-electron chi connectivity index (χ3n) is 3.46. The molecule has 1 atom stereocenters. The summed E-state index contributed by atoms with van der Waals surface area (Å²) >= 11 is 0. The Balaban J connectivity index is 2.73. The highest BCUT2D eigenvalue weighted by Gasteiger charge is 2.44. The third-order valence-corrected chi connectivity index (χ3v) is 3.46. The molecule has 1 rings (SSSR count). The van der Waals surface area contributed by atoms with E-state index in [9.17, 15) is 4.79 Å². The molecule has 4 heteroatoms. The van der Waals surface area contributed by atoms with Gasteiger partial charge in [-0.3, -0.25) is 9.69 Å². The molecule has 1 aliphatic heterocycles. The lowest BCUT2D eigenvalue weighted by molar-refractivity contribution is -0.142. The molecule has 0 aromatic rings. The van der Waals surface area contributed by atoms with Crippen molar-refractivity contribution >= 4 is 5.97 Å². The van der Waals surface area contributed by atoms with Gasteiger partial charge in [0.1, 0.15) is 0 Å². The first-order chi connectivity index (χ1) is 7.05. The van der Waals surface area contributed by atoms with Crippen molar-refractivity contribution in [2.24, 2.45) is 0 Å². The van der Waals surface area contributed by atoms with Gasteiger partial charge in [0.2, 0.25) is 0 Å². The molecule has 1 fully saturated rings. The summed E-state index contributed by atoms with van der Waals surface area (Å²) in [6.07, 6.45) is 1.31. The topological polar surface area (TPSA) is 52.6 Å². The monoisotopic (exact) mass is 214 g/mol. The fourth-order valence-corrected chi connectivity index (χ4v) is 2.46. The van der Waals surface area contributed by atoms with Crippen molar-refractivity contribution in [1.82, 2.24) is 10.2 Å². The minimum absolute atomic E-state index is 0.143. The summed E-state index contributed by atoms with van der Waals surface area (Å²) in [4.78, 5) is 13.2. The van der Waals surface area contributed by atoms with Crippen molar-refractivity contribution < 1.29 is 9.90 Å². The lowest BCUT2D eigenvalue weighted by atomic mass is 9.85. The van der Waals surface area contributed by atoms with E-state index < -0.39 is 5.97 Å². The van der Waals surface area contributed by atoms with Gasteiger partial charge in [-0.05, 0) is 19.9 Å². The van der Waals surface area contributed by atoms with E-state index in [-0.39, 0.29) is 12.0 Å². The lowest BCUT2D eigenvalue weighted by Crippen LogP contribution is -2.71. The maximum absolute atomic E-state index is 10.9. The van der Waals surface area contributed by atoms with Gasteiger partial charge in [0.05, 0.1) is 12.0 Å². The van der Waals surface area contributed by atoms with Crippen LogP contribution in [0, 0.1) is 0 Å². The van der Waals surface area contributed by atoms with Gasteiger partial charge in [0.15, 0.2) is 0 Å². The molecule has 0 bridgehead atoms. The predicted octanol–water partition coefficient (Wildman–Crippen LogP) is 0.924. The Labute approximate surface area is 91.6 Å². The Kier molecular flexibility index (Phi) is 4.11. The van der Waals surface area contributed by atoms with Gasteiger partial charge < -0.3 is 10.4 Å². The molecule has 0 radical (unpaired) electrons. The Morgan fingerprint density at radius 2 is 2.13 bits per heavy atom. The van der Waals surface area contributed by atoms with Gasteiger partial charge in [-0.15, -0.1) is 0 Å². The standard InChI is InChI=1S/C11H22N2O2/c1-4-9(3)13(5-2)11(6-10(14)15)7-12-8-11/h9,12H,4-8H2,1-3H3,(H,14,15). The summed E-state index contributed by atoms with van der Waals surface area (Å²) in [5.74, 6) is -0.696. The molecule has 15 heavy (non-hydrogen) atoms. The second kappa shape index (κ2) is 4.94. The van der Waals surface area contributed by atoms with E-state index in [2.05, 4.69) is 31.0 Å². The van der Waals surface area contributed by atoms with Crippen LogP contribution in [0.15, 0.2) is 0 Å². The fraction of sp³-hybridized carbons (Fsp3) is 0.909. The zero-order valence-corrected chi connectivity index (χ0v) is 9.92.